The maximum Gasteiger partial charge on any atom is 0.258 e. The molecule has 0 unspecified atom stereocenters. The van der Waals surface area contributed by atoms with Gasteiger partial charge in [0.05, 0.1) is 32.9 Å². The van der Waals surface area contributed by atoms with E-state index in [2.05, 4.69) is 0 Å². The molecule has 0 bridgehead atoms. The molecule has 1 amide bonds. The first kappa shape index (κ1) is 16.8. The van der Waals surface area contributed by atoms with Crippen molar-refractivity contribution in [1.82, 2.24) is 4.90 Å². The normalized spacial score (nSPS) is 14.2. The highest BCUT2D eigenvalue weighted by Crippen LogP contribution is 2.31. The van der Waals surface area contributed by atoms with Crippen LogP contribution in [0.15, 0.2) is 48.2 Å². The van der Waals surface area contributed by atoms with Gasteiger partial charge in [0.15, 0.2) is 0 Å². The molecule has 0 saturated carbocycles. The Labute approximate surface area is 144 Å². The van der Waals surface area contributed by atoms with Gasteiger partial charge in [-0.05, 0) is 29.8 Å². The Bertz CT molecular complexity index is 830. The molecule has 0 fully saturated rings. The van der Waals surface area contributed by atoms with Gasteiger partial charge in [-0.15, -0.1) is 0 Å². The predicted molar refractivity (Wildman–Crippen MR) is 90.9 cm³/mol. The smallest absolute Gasteiger partial charge is 0.258 e. The van der Waals surface area contributed by atoms with Crippen molar-refractivity contribution in [2.75, 3.05) is 20.8 Å². The van der Waals surface area contributed by atoms with E-state index >= 15 is 0 Å². The molecule has 0 aromatic heterocycles. The number of amides is 1. The molecule has 2 aromatic rings. The van der Waals surface area contributed by atoms with Crippen molar-refractivity contribution >= 4 is 11.5 Å². The minimum Gasteiger partial charge on any atom is -0.510 e. The Kier molecular flexibility index (Phi) is 4.61. The van der Waals surface area contributed by atoms with E-state index in [9.17, 15) is 14.3 Å². The number of aliphatic hydroxyl groups is 1. The lowest BCUT2D eigenvalue weighted by Gasteiger charge is -2.18. The summed E-state index contributed by atoms with van der Waals surface area (Å²) in [6.07, 6.45) is 0. The van der Waals surface area contributed by atoms with Crippen LogP contribution < -0.4 is 9.47 Å². The highest BCUT2D eigenvalue weighted by atomic mass is 19.1. The zero-order chi connectivity index (χ0) is 18.0. The molecule has 1 heterocycles. The first-order chi connectivity index (χ1) is 12.0. The topological polar surface area (TPSA) is 59.0 Å². The second-order valence-electron chi connectivity index (χ2n) is 5.67. The molecule has 5 nitrogen and oxygen atoms in total. The second-order valence-corrected chi connectivity index (χ2v) is 5.67. The van der Waals surface area contributed by atoms with Gasteiger partial charge in [0.25, 0.3) is 5.91 Å². The molecule has 1 aliphatic rings. The van der Waals surface area contributed by atoms with E-state index in [1.165, 1.54) is 29.2 Å². The monoisotopic (exact) mass is 343 g/mol. The summed E-state index contributed by atoms with van der Waals surface area (Å²) >= 11 is 0. The van der Waals surface area contributed by atoms with Gasteiger partial charge in [-0.1, -0.05) is 12.1 Å². The van der Waals surface area contributed by atoms with Crippen LogP contribution in [0, 0.1) is 5.82 Å². The number of nitrogens with zero attached hydrogens (tertiary/aromatic N) is 1. The quantitative estimate of drug-likeness (QED) is 0.906. The third-order valence-electron chi connectivity index (χ3n) is 4.12. The van der Waals surface area contributed by atoms with Crippen molar-refractivity contribution < 1.29 is 23.8 Å². The second kappa shape index (κ2) is 6.84. The Hall–Kier alpha value is -3.02. The molecule has 0 radical (unpaired) electrons. The van der Waals surface area contributed by atoms with Crippen LogP contribution in [-0.2, 0) is 11.3 Å². The van der Waals surface area contributed by atoms with Gasteiger partial charge >= 0.3 is 0 Å². The summed E-state index contributed by atoms with van der Waals surface area (Å²) in [4.78, 5) is 14.2. The number of hydrogen-bond acceptors (Lipinski definition) is 4. The maximum absolute atomic E-state index is 13.1. The number of benzene rings is 2. The van der Waals surface area contributed by atoms with Crippen LogP contribution in [0.5, 0.6) is 11.5 Å². The molecule has 1 aliphatic heterocycles. The molecule has 3 rings (SSSR count). The molecule has 1 N–H and O–H groups in total. The fourth-order valence-corrected chi connectivity index (χ4v) is 2.84. The first-order valence-electron chi connectivity index (χ1n) is 7.71. The Morgan fingerprint density at radius 2 is 1.84 bits per heavy atom. The van der Waals surface area contributed by atoms with Crippen molar-refractivity contribution in [2.45, 2.75) is 6.54 Å². The summed E-state index contributed by atoms with van der Waals surface area (Å²) in [5.74, 6) is 0.531. The first-order valence-corrected chi connectivity index (χ1v) is 7.71. The molecular formula is C19H18FNO4. The van der Waals surface area contributed by atoms with Gasteiger partial charge in [0.2, 0.25) is 0 Å². The number of hydrogen-bond donors (Lipinski definition) is 1. The zero-order valence-electron chi connectivity index (χ0n) is 14.0. The number of aliphatic hydroxyl groups excluding tert-OH is 1. The Morgan fingerprint density at radius 1 is 1.12 bits per heavy atom. The molecule has 2 aromatic carbocycles. The van der Waals surface area contributed by atoms with Crippen molar-refractivity contribution in [1.29, 1.82) is 0 Å². The highest BCUT2D eigenvalue weighted by Gasteiger charge is 2.31. The lowest BCUT2D eigenvalue weighted by Crippen LogP contribution is -2.26. The molecule has 6 heteroatoms. The molecular weight excluding hydrogens is 325 g/mol. The third-order valence-corrected chi connectivity index (χ3v) is 4.12. The standard InChI is InChI=1S/C19H18FNO4/c1-24-15-8-5-13(17(9-15)25-2)10-21-11-16(22)18(19(21)23)12-3-6-14(20)7-4-12/h3-9,22H,10-11H2,1-2H3. The van der Waals surface area contributed by atoms with Crippen LogP contribution in [0.1, 0.15) is 11.1 Å². The predicted octanol–water partition coefficient (Wildman–Crippen LogP) is 3.15. The number of methoxy groups -OCH3 is 2. The summed E-state index contributed by atoms with van der Waals surface area (Å²) in [5.41, 5.74) is 1.49. The molecule has 0 atom stereocenters. The van der Waals surface area contributed by atoms with Crippen LogP contribution in [-0.4, -0.2) is 36.7 Å². The third kappa shape index (κ3) is 3.28. The molecule has 0 saturated heterocycles. The number of carbonyl (C=O) groups excluding carboxylic acids is 1. The summed E-state index contributed by atoms with van der Waals surface area (Å²) in [6.45, 7) is 0.376. The van der Waals surface area contributed by atoms with Gasteiger partial charge in [-0.2, -0.15) is 0 Å². The molecule has 0 aliphatic carbocycles. The van der Waals surface area contributed by atoms with E-state index in [0.29, 0.717) is 17.1 Å². The van der Waals surface area contributed by atoms with E-state index in [0.717, 1.165) is 5.56 Å². The van der Waals surface area contributed by atoms with Crippen LogP contribution in [0.25, 0.3) is 5.57 Å². The van der Waals surface area contributed by atoms with Gasteiger partial charge in [-0.3, -0.25) is 4.79 Å². The number of ether oxygens (including phenoxy) is 2. The number of halogens is 1. The Morgan fingerprint density at radius 3 is 2.48 bits per heavy atom. The number of rotatable bonds is 5. The van der Waals surface area contributed by atoms with E-state index in [1.807, 2.05) is 6.07 Å². The summed E-state index contributed by atoms with van der Waals surface area (Å²) in [5, 5.41) is 10.2. The van der Waals surface area contributed by atoms with Gasteiger partial charge in [0.1, 0.15) is 23.1 Å². The van der Waals surface area contributed by atoms with E-state index < -0.39 is 5.82 Å². The molecule has 0 spiro atoms. The van der Waals surface area contributed by atoms with Gasteiger partial charge < -0.3 is 19.5 Å². The molecule has 25 heavy (non-hydrogen) atoms. The average molecular weight is 343 g/mol. The van der Waals surface area contributed by atoms with Crippen molar-refractivity contribution in [3.63, 3.8) is 0 Å². The fraction of sp³-hybridized carbons (Fsp3) is 0.211. The van der Waals surface area contributed by atoms with Crippen molar-refractivity contribution in [3.05, 3.63) is 65.2 Å². The summed E-state index contributed by atoms with van der Waals surface area (Å²) in [7, 11) is 3.11. The largest absolute Gasteiger partial charge is 0.510 e. The maximum atomic E-state index is 13.1. The average Bonchev–Trinajstić information content (AvgIpc) is 2.90. The van der Waals surface area contributed by atoms with Crippen LogP contribution in [0.2, 0.25) is 0 Å². The van der Waals surface area contributed by atoms with Gasteiger partial charge in [-0.25, -0.2) is 4.39 Å². The summed E-state index contributed by atoms with van der Waals surface area (Å²) in [6, 6.07) is 10.8. The minimum absolute atomic E-state index is 0.0240. The summed E-state index contributed by atoms with van der Waals surface area (Å²) < 4.78 is 23.6. The van der Waals surface area contributed by atoms with E-state index in [1.54, 1.807) is 26.4 Å². The minimum atomic E-state index is -0.394. The lowest BCUT2D eigenvalue weighted by molar-refractivity contribution is -0.124. The fourth-order valence-electron chi connectivity index (χ4n) is 2.84. The Balaban J connectivity index is 1.83. The van der Waals surface area contributed by atoms with Crippen molar-refractivity contribution in [2.24, 2.45) is 0 Å². The lowest BCUT2D eigenvalue weighted by atomic mass is 10.1. The van der Waals surface area contributed by atoms with Crippen molar-refractivity contribution in [3.8, 4) is 11.5 Å². The van der Waals surface area contributed by atoms with Crippen LogP contribution in [0.4, 0.5) is 4.39 Å². The van der Waals surface area contributed by atoms with E-state index in [-0.39, 0.29) is 30.3 Å². The van der Waals surface area contributed by atoms with E-state index in [4.69, 9.17) is 9.47 Å². The SMILES string of the molecule is COc1ccc(CN2CC(O)=C(c3ccc(F)cc3)C2=O)c(OC)c1. The van der Waals surface area contributed by atoms with Gasteiger partial charge in [0, 0.05) is 11.6 Å². The highest BCUT2D eigenvalue weighted by molar-refractivity contribution is 6.22. The van der Waals surface area contributed by atoms with Crippen LogP contribution >= 0.6 is 0 Å². The zero-order valence-corrected chi connectivity index (χ0v) is 14.0. The van der Waals surface area contributed by atoms with Crippen LogP contribution in [0.3, 0.4) is 0 Å². The molecule has 130 valence electrons. The number of carbonyl (C=O) groups is 1.